The lowest BCUT2D eigenvalue weighted by Gasteiger charge is -2.38. The van der Waals surface area contributed by atoms with Crippen LogP contribution in [0, 0.1) is 5.92 Å². The molecule has 1 unspecified atom stereocenters. The van der Waals surface area contributed by atoms with Crippen molar-refractivity contribution in [2.75, 3.05) is 32.8 Å². The van der Waals surface area contributed by atoms with E-state index in [1.807, 2.05) is 0 Å². The van der Waals surface area contributed by atoms with Crippen LogP contribution in [0.25, 0.3) is 0 Å². The Bertz CT molecular complexity index is 740. The normalized spacial score (nSPS) is 25.3. The Morgan fingerprint density at radius 1 is 1.19 bits per heavy atom. The zero-order chi connectivity index (χ0) is 19.4. The van der Waals surface area contributed by atoms with Crippen LogP contribution in [0.15, 0.2) is 29.2 Å². The minimum absolute atomic E-state index is 0.243. The fraction of sp³-hybridized carbons (Fsp3) is 0.650. The van der Waals surface area contributed by atoms with Crippen LogP contribution in [0.2, 0.25) is 0 Å². The van der Waals surface area contributed by atoms with E-state index in [9.17, 15) is 13.2 Å². The summed E-state index contributed by atoms with van der Waals surface area (Å²) in [6.45, 7) is 7.94. The number of benzene rings is 1. The molecule has 0 aromatic heterocycles. The molecule has 2 atom stereocenters. The standard InChI is InChI=1S/C20H30N2O4S/c1-3-26-20(23)17-6-8-19(9-7-17)27(24,25)22-13-10-18(11-14-22)21-12-4-5-16(2)15-21/h6-9,16,18H,3-5,10-15H2,1-2H3/p+1/t16-/m1/s1. The molecule has 2 saturated heterocycles. The summed E-state index contributed by atoms with van der Waals surface area (Å²) in [6, 6.07) is 6.63. The second kappa shape index (κ2) is 8.71. The smallest absolute Gasteiger partial charge is 0.338 e. The number of carbonyl (C=O) groups is 1. The minimum atomic E-state index is -3.51. The molecule has 0 amide bonds. The number of likely N-dealkylation sites (tertiary alicyclic amines) is 1. The largest absolute Gasteiger partial charge is 0.462 e. The third kappa shape index (κ3) is 4.70. The van der Waals surface area contributed by atoms with Crippen molar-refractivity contribution in [1.82, 2.24) is 4.31 Å². The lowest BCUT2D eigenvalue weighted by atomic mass is 9.96. The molecule has 0 saturated carbocycles. The van der Waals surface area contributed by atoms with Gasteiger partial charge in [0.25, 0.3) is 0 Å². The van der Waals surface area contributed by atoms with Gasteiger partial charge < -0.3 is 9.64 Å². The fourth-order valence-corrected chi connectivity index (χ4v) is 5.80. The van der Waals surface area contributed by atoms with Crippen LogP contribution in [0.5, 0.6) is 0 Å². The van der Waals surface area contributed by atoms with Crippen LogP contribution in [0.3, 0.4) is 0 Å². The summed E-state index contributed by atoms with van der Waals surface area (Å²) >= 11 is 0. The average molecular weight is 396 g/mol. The van der Waals surface area contributed by atoms with Crippen LogP contribution < -0.4 is 4.90 Å². The van der Waals surface area contributed by atoms with Gasteiger partial charge in [-0.25, -0.2) is 13.2 Å². The quantitative estimate of drug-likeness (QED) is 0.764. The van der Waals surface area contributed by atoms with Crippen LogP contribution in [0.4, 0.5) is 0 Å². The van der Waals surface area contributed by atoms with E-state index in [0.717, 1.165) is 18.8 Å². The van der Waals surface area contributed by atoms with E-state index in [2.05, 4.69) is 6.92 Å². The fourth-order valence-electron chi connectivity index (χ4n) is 4.33. The molecule has 0 aliphatic carbocycles. The summed E-state index contributed by atoms with van der Waals surface area (Å²) in [5.41, 5.74) is 0.373. The number of piperidine rings is 2. The Kier molecular flexibility index (Phi) is 6.55. The highest BCUT2D eigenvalue weighted by Gasteiger charge is 2.35. The molecule has 0 bridgehead atoms. The number of hydrogen-bond donors (Lipinski definition) is 1. The van der Waals surface area contributed by atoms with E-state index in [-0.39, 0.29) is 4.90 Å². The summed E-state index contributed by atoms with van der Waals surface area (Å²) in [7, 11) is -3.51. The number of nitrogens with zero attached hydrogens (tertiary/aromatic N) is 1. The van der Waals surface area contributed by atoms with Crippen molar-refractivity contribution >= 4 is 16.0 Å². The maximum Gasteiger partial charge on any atom is 0.338 e. The molecule has 150 valence electrons. The number of quaternary nitrogens is 1. The zero-order valence-electron chi connectivity index (χ0n) is 16.3. The second-order valence-corrected chi connectivity index (χ2v) is 9.72. The van der Waals surface area contributed by atoms with E-state index in [0.29, 0.717) is 31.3 Å². The molecule has 0 radical (unpaired) electrons. The Labute approximate surface area is 162 Å². The van der Waals surface area contributed by atoms with Gasteiger partial charge in [-0.05, 0) is 44.0 Å². The first-order chi connectivity index (χ1) is 12.9. The molecule has 3 rings (SSSR count). The van der Waals surface area contributed by atoms with Gasteiger partial charge in [0.15, 0.2) is 0 Å². The molecule has 2 aliphatic heterocycles. The van der Waals surface area contributed by atoms with Crippen molar-refractivity contribution in [2.24, 2.45) is 5.92 Å². The summed E-state index contributed by atoms with van der Waals surface area (Å²) in [5, 5.41) is 0. The maximum absolute atomic E-state index is 12.9. The third-order valence-corrected chi connectivity index (χ3v) is 7.75. The number of esters is 1. The number of hydrogen-bond acceptors (Lipinski definition) is 4. The van der Waals surface area contributed by atoms with Crippen LogP contribution in [-0.4, -0.2) is 57.5 Å². The van der Waals surface area contributed by atoms with Crippen molar-refractivity contribution in [3.8, 4) is 0 Å². The number of ether oxygens (including phenoxy) is 1. The molecule has 0 spiro atoms. The summed E-state index contributed by atoms with van der Waals surface area (Å²) in [4.78, 5) is 13.6. The van der Waals surface area contributed by atoms with Gasteiger partial charge in [-0.15, -0.1) is 0 Å². The monoisotopic (exact) mass is 395 g/mol. The van der Waals surface area contributed by atoms with Gasteiger partial charge in [0, 0.05) is 31.8 Å². The summed E-state index contributed by atoms with van der Waals surface area (Å²) in [5.74, 6) is 0.342. The number of rotatable bonds is 5. The Balaban J connectivity index is 1.62. The van der Waals surface area contributed by atoms with Crippen molar-refractivity contribution < 1.29 is 22.8 Å². The summed E-state index contributed by atoms with van der Waals surface area (Å²) < 4.78 is 32.4. The van der Waals surface area contributed by atoms with Crippen LogP contribution in [0.1, 0.15) is 49.9 Å². The molecular weight excluding hydrogens is 364 g/mol. The van der Waals surface area contributed by atoms with E-state index < -0.39 is 16.0 Å². The van der Waals surface area contributed by atoms with Gasteiger partial charge in [-0.2, -0.15) is 4.31 Å². The first-order valence-corrected chi connectivity index (χ1v) is 11.5. The first-order valence-electron chi connectivity index (χ1n) is 10.0. The highest BCUT2D eigenvalue weighted by Crippen LogP contribution is 2.21. The minimum Gasteiger partial charge on any atom is -0.462 e. The SMILES string of the molecule is CCOC(=O)c1ccc(S(=O)(=O)N2CCC([NH+]3CCC[C@@H](C)C3)CC2)cc1. The molecular formula is C20H31N2O4S+. The second-order valence-electron chi connectivity index (χ2n) is 7.78. The average Bonchev–Trinajstić information content (AvgIpc) is 2.68. The Morgan fingerprint density at radius 2 is 1.85 bits per heavy atom. The van der Waals surface area contributed by atoms with Crippen molar-refractivity contribution in [1.29, 1.82) is 0 Å². The Morgan fingerprint density at radius 3 is 2.44 bits per heavy atom. The number of carbonyl (C=O) groups excluding carboxylic acids is 1. The number of sulfonamides is 1. The van der Waals surface area contributed by atoms with Crippen molar-refractivity contribution in [3.05, 3.63) is 29.8 Å². The highest BCUT2D eigenvalue weighted by molar-refractivity contribution is 7.89. The van der Waals surface area contributed by atoms with Crippen LogP contribution in [-0.2, 0) is 14.8 Å². The predicted molar refractivity (Wildman–Crippen MR) is 103 cm³/mol. The van der Waals surface area contributed by atoms with Gasteiger partial charge in [0.05, 0.1) is 36.2 Å². The number of nitrogens with one attached hydrogen (secondary N) is 1. The molecule has 1 aromatic rings. The molecule has 1 N–H and O–H groups in total. The van der Waals surface area contributed by atoms with E-state index in [4.69, 9.17) is 4.74 Å². The van der Waals surface area contributed by atoms with Crippen molar-refractivity contribution in [2.45, 2.75) is 50.5 Å². The molecule has 1 aromatic carbocycles. The van der Waals surface area contributed by atoms with Gasteiger partial charge >= 0.3 is 5.97 Å². The molecule has 2 fully saturated rings. The lowest BCUT2D eigenvalue weighted by molar-refractivity contribution is -0.934. The maximum atomic E-state index is 12.9. The van der Waals surface area contributed by atoms with Gasteiger partial charge in [-0.3, -0.25) is 0 Å². The van der Waals surface area contributed by atoms with E-state index in [1.165, 1.54) is 50.2 Å². The van der Waals surface area contributed by atoms with E-state index in [1.54, 1.807) is 16.1 Å². The van der Waals surface area contributed by atoms with Crippen molar-refractivity contribution in [3.63, 3.8) is 0 Å². The lowest BCUT2D eigenvalue weighted by Crippen LogP contribution is -3.17. The zero-order valence-corrected chi connectivity index (χ0v) is 17.1. The van der Waals surface area contributed by atoms with E-state index >= 15 is 0 Å². The van der Waals surface area contributed by atoms with Gasteiger partial charge in [-0.1, -0.05) is 6.92 Å². The molecule has 6 nitrogen and oxygen atoms in total. The topological polar surface area (TPSA) is 68.1 Å². The molecule has 2 heterocycles. The summed E-state index contributed by atoms with van der Waals surface area (Å²) in [6.07, 6.45) is 4.44. The highest BCUT2D eigenvalue weighted by atomic mass is 32.2. The molecule has 27 heavy (non-hydrogen) atoms. The molecule has 7 heteroatoms. The van der Waals surface area contributed by atoms with Gasteiger partial charge in [0.1, 0.15) is 0 Å². The van der Waals surface area contributed by atoms with Crippen LogP contribution >= 0.6 is 0 Å². The first kappa shape index (κ1) is 20.3. The van der Waals surface area contributed by atoms with Gasteiger partial charge in [0.2, 0.25) is 10.0 Å². The molecule has 2 aliphatic rings. The third-order valence-electron chi connectivity index (χ3n) is 5.84. The Hall–Kier alpha value is -1.44. The predicted octanol–water partition coefficient (Wildman–Crippen LogP) is 1.33.